The maximum atomic E-state index is 12.3. The number of carbonyl (C=O) groups is 3. The molecule has 1 aliphatic heterocycles. The summed E-state index contributed by atoms with van der Waals surface area (Å²) < 4.78 is 0. The Hall–Kier alpha value is -1.27. The molecule has 1 fully saturated rings. The highest BCUT2D eigenvalue weighted by Gasteiger charge is 2.59. The summed E-state index contributed by atoms with van der Waals surface area (Å²) in [5.41, 5.74) is -3.76. The Morgan fingerprint density at radius 2 is 1.26 bits per heavy atom. The normalized spacial score (nSPS) is 23.7. The highest BCUT2D eigenvalue weighted by atomic mass is 16.5. The molecule has 0 aromatic rings. The lowest BCUT2D eigenvalue weighted by Crippen LogP contribution is -2.74. The molecule has 6 heteroatoms. The van der Waals surface area contributed by atoms with Gasteiger partial charge in [-0.3, -0.25) is 14.4 Å². The van der Waals surface area contributed by atoms with Gasteiger partial charge in [0, 0.05) is 5.41 Å². The third-order valence-corrected chi connectivity index (χ3v) is 3.31. The maximum absolute atomic E-state index is 12.3. The standard InChI is InChI=1S/C13H21N2O4/c1-11(2,3)8(16)14-9(17)12(4,5)15(19)13(6,7)10(14)18/h1-7H3. The van der Waals surface area contributed by atoms with Gasteiger partial charge in [-0.25, -0.2) is 4.90 Å². The third-order valence-electron chi connectivity index (χ3n) is 3.31. The van der Waals surface area contributed by atoms with Crippen molar-refractivity contribution in [1.29, 1.82) is 0 Å². The molecule has 1 saturated heterocycles. The Kier molecular flexibility index (Phi) is 3.42. The van der Waals surface area contributed by atoms with Crippen molar-refractivity contribution in [1.82, 2.24) is 9.96 Å². The molecule has 0 spiro atoms. The van der Waals surface area contributed by atoms with Crippen LogP contribution in [0.4, 0.5) is 0 Å². The van der Waals surface area contributed by atoms with Gasteiger partial charge in [0.25, 0.3) is 11.8 Å². The first-order valence-electron chi connectivity index (χ1n) is 6.16. The fraction of sp³-hybridized carbons (Fsp3) is 0.769. The highest BCUT2D eigenvalue weighted by Crippen LogP contribution is 2.34. The molecule has 1 heterocycles. The number of hydroxylamine groups is 2. The fourth-order valence-electron chi connectivity index (χ4n) is 2.03. The van der Waals surface area contributed by atoms with E-state index in [4.69, 9.17) is 0 Å². The zero-order valence-corrected chi connectivity index (χ0v) is 12.5. The first-order chi connectivity index (χ1) is 8.25. The first kappa shape index (κ1) is 15.8. The van der Waals surface area contributed by atoms with Crippen LogP contribution in [0.1, 0.15) is 48.5 Å². The van der Waals surface area contributed by atoms with Gasteiger partial charge in [0.2, 0.25) is 5.91 Å². The van der Waals surface area contributed by atoms with E-state index in [1.807, 2.05) is 0 Å². The third kappa shape index (κ3) is 2.19. The van der Waals surface area contributed by atoms with Crippen molar-refractivity contribution in [3.63, 3.8) is 0 Å². The van der Waals surface area contributed by atoms with E-state index in [0.29, 0.717) is 9.96 Å². The number of piperazine rings is 1. The number of imide groups is 3. The Morgan fingerprint density at radius 3 is 1.53 bits per heavy atom. The Balaban J connectivity index is 3.38. The second-order valence-electron chi connectivity index (χ2n) is 6.91. The van der Waals surface area contributed by atoms with E-state index >= 15 is 0 Å². The van der Waals surface area contributed by atoms with E-state index in [1.54, 1.807) is 20.8 Å². The summed E-state index contributed by atoms with van der Waals surface area (Å²) >= 11 is 0. The monoisotopic (exact) mass is 269 g/mol. The van der Waals surface area contributed by atoms with Crippen LogP contribution in [-0.4, -0.2) is 38.8 Å². The summed E-state index contributed by atoms with van der Waals surface area (Å²) in [7, 11) is 0. The Labute approximate surface area is 113 Å². The molecule has 6 nitrogen and oxygen atoms in total. The van der Waals surface area contributed by atoms with Crippen LogP contribution in [-0.2, 0) is 19.6 Å². The molecule has 3 amide bonds. The zero-order chi connectivity index (χ0) is 15.4. The summed E-state index contributed by atoms with van der Waals surface area (Å²) in [6.07, 6.45) is 0. The molecular weight excluding hydrogens is 248 g/mol. The summed E-state index contributed by atoms with van der Waals surface area (Å²) in [6.45, 7) is 10.5. The predicted molar refractivity (Wildman–Crippen MR) is 67.0 cm³/mol. The SMILES string of the molecule is CC(C)(C)C(=O)N1C(=O)C(C)(C)N([O])C(C)(C)C1=O. The van der Waals surface area contributed by atoms with Crippen molar-refractivity contribution in [2.24, 2.45) is 5.41 Å². The van der Waals surface area contributed by atoms with Gasteiger partial charge in [-0.15, -0.1) is 10.3 Å². The molecule has 0 aromatic heterocycles. The minimum absolute atomic E-state index is 0.469. The van der Waals surface area contributed by atoms with Gasteiger partial charge in [-0.1, -0.05) is 20.8 Å². The molecule has 19 heavy (non-hydrogen) atoms. The van der Waals surface area contributed by atoms with Crippen molar-refractivity contribution in [3.8, 4) is 0 Å². The van der Waals surface area contributed by atoms with E-state index in [0.717, 1.165) is 0 Å². The van der Waals surface area contributed by atoms with Crippen molar-refractivity contribution in [3.05, 3.63) is 0 Å². The summed E-state index contributed by atoms with van der Waals surface area (Å²) in [5, 5.41) is 12.6. The molecule has 0 aliphatic carbocycles. The van der Waals surface area contributed by atoms with Crippen LogP contribution in [0, 0.1) is 5.41 Å². The smallest absolute Gasteiger partial charge is 0.258 e. The van der Waals surface area contributed by atoms with Gasteiger partial charge in [0.15, 0.2) is 0 Å². The lowest BCUT2D eigenvalue weighted by molar-refractivity contribution is -0.275. The van der Waals surface area contributed by atoms with Crippen molar-refractivity contribution in [2.75, 3.05) is 0 Å². The quantitative estimate of drug-likeness (QED) is 0.618. The van der Waals surface area contributed by atoms with Crippen molar-refractivity contribution < 1.29 is 19.6 Å². The van der Waals surface area contributed by atoms with Crippen LogP contribution >= 0.6 is 0 Å². The average molecular weight is 269 g/mol. The number of hydrogen-bond acceptors (Lipinski definition) is 4. The minimum atomic E-state index is -1.45. The molecule has 0 unspecified atom stereocenters. The number of hydrogen-bond donors (Lipinski definition) is 0. The lowest BCUT2D eigenvalue weighted by Gasteiger charge is -2.48. The highest BCUT2D eigenvalue weighted by molar-refractivity contribution is 6.18. The molecule has 0 saturated carbocycles. The van der Waals surface area contributed by atoms with Gasteiger partial charge >= 0.3 is 0 Å². The topological polar surface area (TPSA) is 77.6 Å². The number of amides is 3. The van der Waals surface area contributed by atoms with E-state index < -0.39 is 34.2 Å². The summed E-state index contributed by atoms with van der Waals surface area (Å²) in [6, 6.07) is 0. The van der Waals surface area contributed by atoms with Gasteiger partial charge in [0.1, 0.15) is 11.1 Å². The molecular formula is C13H21N2O4. The van der Waals surface area contributed by atoms with E-state index in [2.05, 4.69) is 0 Å². The maximum Gasteiger partial charge on any atom is 0.258 e. The van der Waals surface area contributed by atoms with E-state index in [1.165, 1.54) is 27.7 Å². The summed E-state index contributed by atoms with van der Waals surface area (Å²) in [4.78, 5) is 37.5. The van der Waals surface area contributed by atoms with Gasteiger partial charge < -0.3 is 0 Å². The van der Waals surface area contributed by atoms with Crippen LogP contribution < -0.4 is 0 Å². The molecule has 0 aromatic carbocycles. The van der Waals surface area contributed by atoms with Crippen LogP contribution in [0.15, 0.2) is 0 Å². The predicted octanol–water partition coefficient (Wildman–Crippen LogP) is 1.13. The van der Waals surface area contributed by atoms with Crippen molar-refractivity contribution in [2.45, 2.75) is 59.5 Å². The molecule has 107 valence electrons. The molecule has 1 rings (SSSR count). The van der Waals surface area contributed by atoms with Crippen LogP contribution in [0.2, 0.25) is 0 Å². The molecule has 0 N–H and O–H groups in total. The molecule has 1 aliphatic rings. The molecule has 1 radical (unpaired) electrons. The zero-order valence-electron chi connectivity index (χ0n) is 12.5. The molecule has 0 atom stereocenters. The second-order valence-corrected chi connectivity index (χ2v) is 6.91. The number of rotatable bonds is 0. The molecule has 0 bridgehead atoms. The van der Waals surface area contributed by atoms with E-state index in [-0.39, 0.29) is 0 Å². The van der Waals surface area contributed by atoms with Crippen molar-refractivity contribution >= 4 is 17.7 Å². The van der Waals surface area contributed by atoms with Crippen LogP contribution in [0.5, 0.6) is 0 Å². The van der Waals surface area contributed by atoms with Gasteiger partial charge in [0.05, 0.1) is 0 Å². The number of nitrogens with zero attached hydrogens (tertiary/aromatic N) is 2. The second kappa shape index (κ2) is 4.11. The van der Waals surface area contributed by atoms with E-state index in [9.17, 15) is 19.6 Å². The van der Waals surface area contributed by atoms with Gasteiger partial charge in [-0.2, -0.15) is 0 Å². The van der Waals surface area contributed by atoms with Crippen LogP contribution in [0.25, 0.3) is 0 Å². The first-order valence-corrected chi connectivity index (χ1v) is 6.16. The minimum Gasteiger partial charge on any atom is -0.273 e. The Morgan fingerprint density at radius 1 is 0.947 bits per heavy atom. The van der Waals surface area contributed by atoms with Gasteiger partial charge in [-0.05, 0) is 27.7 Å². The fourth-order valence-corrected chi connectivity index (χ4v) is 2.03. The largest absolute Gasteiger partial charge is 0.273 e. The number of carbonyl (C=O) groups excluding carboxylic acids is 3. The lowest BCUT2D eigenvalue weighted by atomic mass is 9.86. The van der Waals surface area contributed by atoms with Crippen LogP contribution in [0.3, 0.4) is 0 Å². The summed E-state index contributed by atoms with van der Waals surface area (Å²) in [5.74, 6) is -2.13. The average Bonchev–Trinajstić information content (AvgIpc) is 2.24. The Bertz CT molecular complexity index is 418.